The van der Waals surface area contributed by atoms with Crippen molar-refractivity contribution in [1.82, 2.24) is 0 Å². The van der Waals surface area contributed by atoms with Crippen LogP contribution in [0.5, 0.6) is 0 Å². The molecule has 0 heterocycles. The van der Waals surface area contributed by atoms with E-state index in [1.54, 1.807) is 24.3 Å². The molecular weight excluding hydrogens is 422 g/mol. The summed E-state index contributed by atoms with van der Waals surface area (Å²) in [4.78, 5) is 0. The minimum Gasteiger partial charge on any atom is -0.383 e. The molecule has 100 valence electrons. The minimum absolute atomic E-state index is 0.0650. The normalized spacial score (nSPS) is 12.5. The van der Waals surface area contributed by atoms with Crippen LogP contribution in [0.25, 0.3) is 0 Å². The zero-order valence-corrected chi connectivity index (χ0v) is 14.0. The highest BCUT2D eigenvalue weighted by atomic mass is 79.9. The molecule has 0 fully saturated rings. The summed E-state index contributed by atoms with van der Waals surface area (Å²) < 4.78 is 15.3. The summed E-state index contributed by atoms with van der Waals surface area (Å²) in [6.45, 7) is 0. The Labute approximate surface area is 136 Å². The molecule has 0 bridgehead atoms. The smallest absolute Gasteiger partial charge is 0.149 e. The van der Waals surface area contributed by atoms with Gasteiger partial charge < -0.3 is 5.11 Å². The van der Waals surface area contributed by atoms with E-state index < -0.39 is 11.9 Å². The molecule has 1 unspecified atom stereocenters. The summed E-state index contributed by atoms with van der Waals surface area (Å²) in [5.41, 5.74) is 0.500. The highest BCUT2D eigenvalue weighted by molar-refractivity contribution is 9.10. The molecule has 0 saturated carbocycles. The van der Waals surface area contributed by atoms with Gasteiger partial charge in [0.2, 0.25) is 0 Å². The van der Waals surface area contributed by atoms with Crippen LogP contribution in [0.3, 0.4) is 0 Å². The van der Waals surface area contributed by atoms with E-state index in [4.69, 9.17) is 23.2 Å². The number of aliphatic hydroxyl groups is 1. The first-order chi connectivity index (χ1) is 8.91. The molecule has 6 heteroatoms. The van der Waals surface area contributed by atoms with E-state index in [1.807, 2.05) is 0 Å². The maximum absolute atomic E-state index is 14.0. The minimum atomic E-state index is -1.17. The van der Waals surface area contributed by atoms with Gasteiger partial charge in [-0.15, -0.1) is 0 Å². The van der Waals surface area contributed by atoms with Crippen LogP contribution in [-0.4, -0.2) is 5.11 Å². The molecule has 2 aromatic carbocycles. The van der Waals surface area contributed by atoms with Gasteiger partial charge in [-0.3, -0.25) is 0 Å². The summed E-state index contributed by atoms with van der Waals surface area (Å²) in [5, 5.41) is 10.5. The van der Waals surface area contributed by atoms with E-state index in [9.17, 15) is 9.50 Å². The SMILES string of the molecule is OC(c1ccc(Br)cc1Cl)c1ccc(Br)c(Cl)c1F. The van der Waals surface area contributed by atoms with Gasteiger partial charge in [0, 0.05) is 25.1 Å². The standard InChI is InChI=1S/C13H7Br2Cl2FO/c14-6-1-2-7(10(16)5-6)13(19)8-3-4-9(15)11(17)12(8)18/h1-5,13,19H. The molecule has 0 aliphatic heterocycles. The lowest BCUT2D eigenvalue weighted by atomic mass is 10.0. The Morgan fingerprint density at radius 2 is 1.68 bits per heavy atom. The second-order valence-electron chi connectivity index (χ2n) is 3.83. The predicted molar refractivity (Wildman–Crippen MR) is 82.3 cm³/mol. The number of rotatable bonds is 2. The first-order valence-electron chi connectivity index (χ1n) is 5.18. The highest BCUT2D eigenvalue weighted by Crippen LogP contribution is 2.35. The highest BCUT2D eigenvalue weighted by Gasteiger charge is 2.20. The molecule has 0 aliphatic rings. The van der Waals surface area contributed by atoms with E-state index in [-0.39, 0.29) is 10.6 Å². The molecular formula is C13H7Br2Cl2FO. The van der Waals surface area contributed by atoms with Crippen molar-refractivity contribution in [3.63, 3.8) is 0 Å². The Morgan fingerprint density at radius 1 is 1.05 bits per heavy atom. The van der Waals surface area contributed by atoms with Crippen LogP contribution in [0.15, 0.2) is 39.3 Å². The Hall–Kier alpha value is -0.130. The van der Waals surface area contributed by atoms with Gasteiger partial charge >= 0.3 is 0 Å². The molecule has 0 radical (unpaired) electrons. The third kappa shape index (κ3) is 3.14. The number of aliphatic hydroxyl groups excluding tert-OH is 1. The first-order valence-corrected chi connectivity index (χ1v) is 7.52. The van der Waals surface area contributed by atoms with Gasteiger partial charge in [-0.25, -0.2) is 4.39 Å². The lowest BCUT2D eigenvalue weighted by molar-refractivity contribution is 0.215. The van der Waals surface area contributed by atoms with Gasteiger partial charge in [0.15, 0.2) is 0 Å². The molecule has 0 amide bonds. The fraction of sp³-hybridized carbons (Fsp3) is 0.0769. The Kier molecular flexibility index (Phi) is 4.90. The van der Waals surface area contributed by atoms with E-state index in [1.165, 1.54) is 6.07 Å². The quantitative estimate of drug-likeness (QED) is 0.605. The summed E-state index contributed by atoms with van der Waals surface area (Å²) in [7, 11) is 0. The predicted octanol–water partition coefficient (Wildman–Crippen LogP) is 5.74. The van der Waals surface area contributed by atoms with Gasteiger partial charge in [0.25, 0.3) is 0 Å². The van der Waals surface area contributed by atoms with Crippen molar-refractivity contribution in [3.05, 3.63) is 66.3 Å². The van der Waals surface area contributed by atoms with E-state index in [2.05, 4.69) is 31.9 Å². The average molecular weight is 429 g/mol. The van der Waals surface area contributed by atoms with Gasteiger partial charge in [0.05, 0.1) is 5.02 Å². The van der Waals surface area contributed by atoms with Crippen LogP contribution >= 0.6 is 55.1 Å². The van der Waals surface area contributed by atoms with Crippen molar-refractivity contribution >= 4 is 55.1 Å². The topological polar surface area (TPSA) is 20.2 Å². The maximum Gasteiger partial charge on any atom is 0.149 e. The molecule has 0 aliphatic carbocycles. The summed E-state index contributed by atoms with van der Waals surface area (Å²) in [6, 6.07) is 8.04. The summed E-state index contributed by atoms with van der Waals surface area (Å²) in [5.74, 6) is -0.664. The number of hydrogen-bond acceptors (Lipinski definition) is 1. The van der Waals surface area contributed by atoms with Gasteiger partial charge in [-0.1, -0.05) is 51.3 Å². The molecule has 1 nitrogen and oxygen atoms in total. The largest absolute Gasteiger partial charge is 0.383 e. The molecule has 2 aromatic rings. The van der Waals surface area contributed by atoms with Crippen LogP contribution in [0, 0.1) is 5.82 Å². The van der Waals surface area contributed by atoms with E-state index in [0.717, 1.165) is 4.47 Å². The van der Waals surface area contributed by atoms with Gasteiger partial charge in [-0.05, 0) is 34.1 Å². The van der Waals surface area contributed by atoms with Crippen molar-refractivity contribution in [2.24, 2.45) is 0 Å². The number of halogens is 5. The van der Waals surface area contributed by atoms with E-state index >= 15 is 0 Å². The Bertz CT molecular complexity index is 634. The third-order valence-electron chi connectivity index (χ3n) is 2.62. The maximum atomic E-state index is 14.0. The number of benzene rings is 2. The lowest BCUT2D eigenvalue weighted by Crippen LogP contribution is -2.04. The van der Waals surface area contributed by atoms with Gasteiger partial charge in [0.1, 0.15) is 11.9 Å². The van der Waals surface area contributed by atoms with Gasteiger partial charge in [-0.2, -0.15) is 0 Å². The number of hydrogen-bond donors (Lipinski definition) is 1. The molecule has 1 atom stereocenters. The van der Waals surface area contributed by atoms with Crippen molar-refractivity contribution in [1.29, 1.82) is 0 Å². The molecule has 2 rings (SSSR count). The molecule has 0 aromatic heterocycles. The second kappa shape index (κ2) is 6.10. The first kappa shape index (κ1) is 15.3. The average Bonchev–Trinajstić information content (AvgIpc) is 2.35. The van der Waals surface area contributed by atoms with Crippen molar-refractivity contribution in [3.8, 4) is 0 Å². The van der Waals surface area contributed by atoms with Crippen LogP contribution in [0.1, 0.15) is 17.2 Å². The second-order valence-corrected chi connectivity index (χ2v) is 6.39. The molecule has 0 spiro atoms. The Morgan fingerprint density at radius 3 is 2.32 bits per heavy atom. The van der Waals surface area contributed by atoms with Crippen LogP contribution in [0.2, 0.25) is 10.0 Å². The summed E-state index contributed by atoms with van der Waals surface area (Å²) in [6.07, 6.45) is -1.17. The van der Waals surface area contributed by atoms with Crippen molar-refractivity contribution < 1.29 is 9.50 Å². The van der Waals surface area contributed by atoms with Crippen molar-refractivity contribution in [2.45, 2.75) is 6.10 Å². The monoisotopic (exact) mass is 426 g/mol. The third-order valence-corrected chi connectivity index (χ3v) is 4.70. The summed E-state index contributed by atoms with van der Waals surface area (Å²) >= 11 is 18.2. The van der Waals surface area contributed by atoms with Crippen LogP contribution < -0.4 is 0 Å². The van der Waals surface area contributed by atoms with Crippen molar-refractivity contribution in [2.75, 3.05) is 0 Å². The molecule has 19 heavy (non-hydrogen) atoms. The fourth-order valence-electron chi connectivity index (χ4n) is 1.64. The zero-order chi connectivity index (χ0) is 14.2. The zero-order valence-electron chi connectivity index (χ0n) is 9.30. The van der Waals surface area contributed by atoms with Crippen LogP contribution in [-0.2, 0) is 0 Å². The Balaban J connectivity index is 2.50. The fourth-order valence-corrected chi connectivity index (χ4v) is 2.90. The molecule has 0 saturated heterocycles. The molecule has 1 N–H and O–H groups in total. The van der Waals surface area contributed by atoms with Crippen LogP contribution in [0.4, 0.5) is 4.39 Å². The van der Waals surface area contributed by atoms with E-state index in [0.29, 0.717) is 15.1 Å². The lowest BCUT2D eigenvalue weighted by Gasteiger charge is -2.15.